The number of hydrogen-bond donors (Lipinski definition) is 0. The Bertz CT molecular complexity index is 4500. The molecule has 9 nitrogen and oxygen atoms in total. The van der Waals surface area contributed by atoms with Crippen molar-refractivity contribution in [2.75, 3.05) is 0 Å². The molecule has 13 aromatic rings. The number of aromatic nitrogens is 3. The average molecular weight is 952 g/mol. The van der Waals surface area contributed by atoms with Gasteiger partial charge in [-0.2, -0.15) is 9.69 Å². The number of nitriles is 2. The van der Waals surface area contributed by atoms with Crippen LogP contribution in [0.25, 0.3) is 152 Å². The quantitative estimate of drug-likeness (QED) is 0.123. The molecule has 0 bridgehead atoms. The summed E-state index contributed by atoms with van der Waals surface area (Å²) in [5.74, 6) is -0.0172. The number of nitrogens with zero attached hydrogens (tertiary/aromatic N) is 9. The normalized spacial score (nSPS) is 11.8. The molecule has 0 saturated heterocycles. The first-order chi connectivity index (χ1) is 37.0. The molecule has 3 aromatic heterocycles. The summed E-state index contributed by atoms with van der Waals surface area (Å²) in [5, 5.41) is 31.5. The molecular formula is C66H33N9. The third kappa shape index (κ3) is 6.38. The van der Waals surface area contributed by atoms with Crippen molar-refractivity contribution in [3.8, 4) is 29.2 Å². The van der Waals surface area contributed by atoms with Gasteiger partial charge < -0.3 is 13.7 Å². The van der Waals surface area contributed by atoms with E-state index in [1.54, 1.807) is 18.2 Å². The highest BCUT2D eigenvalue weighted by Gasteiger charge is 2.30. The maximum Gasteiger partial charge on any atom is 0.519 e. The highest BCUT2D eigenvalue weighted by molar-refractivity contribution is 6.41. The lowest BCUT2D eigenvalue weighted by molar-refractivity contribution is 1.19. The summed E-state index contributed by atoms with van der Waals surface area (Å²) in [6.45, 7) is 30.9. The van der Waals surface area contributed by atoms with Crippen LogP contribution in [0, 0.1) is 49.0 Å². The monoisotopic (exact) mass is 951 g/mol. The van der Waals surface area contributed by atoms with Crippen molar-refractivity contribution in [1.29, 1.82) is 10.5 Å². The minimum absolute atomic E-state index is 0.00206. The predicted molar refractivity (Wildman–Crippen MR) is 304 cm³/mol. The van der Waals surface area contributed by atoms with Gasteiger partial charge in [-0.05, 0) is 81.4 Å². The first kappa shape index (κ1) is 43.6. The number of rotatable bonds is 6. The molecule has 0 fully saturated rings. The predicted octanol–water partition coefficient (Wildman–Crippen LogP) is 17.1. The van der Waals surface area contributed by atoms with Crippen molar-refractivity contribution in [1.82, 2.24) is 13.7 Å². The molecule has 0 atom stereocenters. The fraction of sp³-hybridized carbons (Fsp3) is 0. The van der Waals surface area contributed by atoms with Gasteiger partial charge in [0.25, 0.3) is 11.4 Å². The van der Waals surface area contributed by atoms with Gasteiger partial charge in [-0.1, -0.05) is 146 Å². The van der Waals surface area contributed by atoms with Gasteiger partial charge in [0.15, 0.2) is 0 Å². The third-order valence-corrected chi connectivity index (χ3v) is 14.4. The van der Waals surface area contributed by atoms with E-state index in [0.717, 1.165) is 131 Å². The molecule has 0 aliphatic rings. The largest absolute Gasteiger partial charge is 0.519 e. The minimum atomic E-state index is -0.0172. The van der Waals surface area contributed by atoms with Crippen LogP contribution in [0.3, 0.4) is 0 Å². The lowest BCUT2D eigenvalue weighted by atomic mass is 10.00. The van der Waals surface area contributed by atoms with Crippen LogP contribution in [0.2, 0.25) is 0 Å². The van der Waals surface area contributed by atoms with E-state index < -0.39 is 0 Å². The van der Waals surface area contributed by atoms with Crippen molar-refractivity contribution in [2.45, 2.75) is 0 Å². The smallest absolute Gasteiger partial charge is 0.308 e. The molecule has 0 aliphatic carbocycles. The van der Waals surface area contributed by atoms with Gasteiger partial charge in [0, 0.05) is 54.6 Å². The lowest BCUT2D eigenvalue weighted by Gasteiger charge is -2.17. The molecule has 0 aliphatic heterocycles. The molecule has 75 heavy (non-hydrogen) atoms. The van der Waals surface area contributed by atoms with Crippen molar-refractivity contribution >= 4 is 116 Å². The van der Waals surface area contributed by atoms with Crippen molar-refractivity contribution in [2.24, 2.45) is 0 Å². The number of para-hydroxylation sites is 3. The van der Waals surface area contributed by atoms with Crippen molar-refractivity contribution in [3.63, 3.8) is 0 Å². The molecule has 0 amide bonds. The summed E-state index contributed by atoms with van der Waals surface area (Å²) in [6.07, 6.45) is 4.97. The van der Waals surface area contributed by atoms with E-state index in [0.29, 0.717) is 0 Å². The van der Waals surface area contributed by atoms with E-state index in [1.165, 1.54) is 0 Å². The SMILES string of the molecule is [C-]#[N+]C(C#N)=Cc1ccc(-n2c3ccccc3c3c2c2c4ccccc4n(-c4ccc(C=C([N+]#[C-])[N+]#[C-])c5ccccc45)c2c2c4ccccc4n(-c4ccc(C=C(C#N)[N+]#[C-])c5ccccc45)c32)c2ccccc12. The second-order valence-corrected chi connectivity index (χ2v) is 18.1. The van der Waals surface area contributed by atoms with Gasteiger partial charge in [0.1, 0.15) is 13.1 Å². The van der Waals surface area contributed by atoms with Crippen LogP contribution >= 0.6 is 0 Å². The number of fused-ring (bicyclic) bond motifs is 15. The van der Waals surface area contributed by atoms with Crippen LogP contribution in [0.5, 0.6) is 0 Å². The topological polar surface area (TPSA) is 79.8 Å². The maximum absolute atomic E-state index is 9.88. The zero-order valence-corrected chi connectivity index (χ0v) is 39.6. The second-order valence-electron chi connectivity index (χ2n) is 18.1. The number of allylic oxidation sites excluding steroid dienone is 2. The van der Waals surface area contributed by atoms with Crippen LogP contribution in [-0.2, 0) is 0 Å². The van der Waals surface area contributed by atoms with Gasteiger partial charge >= 0.3 is 5.82 Å². The van der Waals surface area contributed by atoms with E-state index in [2.05, 4.69) is 154 Å². The Labute approximate surface area is 429 Å². The summed E-state index contributed by atoms with van der Waals surface area (Å²) >= 11 is 0. The summed E-state index contributed by atoms with van der Waals surface area (Å²) in [6, 6.07) is 66.5. The summed E-state index contributed by atoms with van der Waals surface area (Å²) in [7, 11) is 0. The van der Waals surface area contributed by atoms with E-state index in [-0.39, 0.29) is 17.2 Å². The fourth-order valence-electron chi connectivity index (χ4n) is 11.5. The van der Waals surface area contributed by atoms with Crippen molar-refractivity contribution in [3.05, 3.63) is 262 Å². The van der Waals surface area contributed by atoms with Crippen LogP contribution < -0.4 is 0 Å². The number of benzene rings is 10. The Morgan fingerprint density at radius 3 is 0.907 bits per heavy atom. The van der Waals surface area contributed by atoms with Crippen LogP contribution in [0.1, 0.15) is 16.7 Å². The molecule has 342 valence electrons. The van der Waals surface area contributed by atoms with Gasteiger partial charge in [-0.3, -0.25) is 0 Å². The zero-order chi connectivity index (χ0) is 50.9. The molecule has 9 heteroatoms. The minimum Gasteiger partial charge on any atom is -0.308 e. The molecular weight excluding hydrogens is 919 g/mol. The fourth-order valence-corrected chi connectivity index (χ4v) is 11.5. The zero-order valence-electron chi connectivity index (χ0n) is 39.6. The molecule has 13 rings (SSSR count). The molecule has 0 unspecified atom stereocenters. The maximum atomic E-state index is 9.88. The van der Waals surface area contributed by atoms with E-state index in [1.807, 2.05) is 72.8 Å². The van der Waals surface area contributed by atoms with Crippen LogP contribution in [-0.4, -0.2) is 13.7 Å². The highest BCUT2D eigenvalue weighted by Crippen LogP contribution is 2.52. The van der Waals surface area contributed by atoms with Crippen LogP contribution in [0.4, 0.5) is 0 Å². The third-order valence-electron chi connectivity index (χ3n) is 14.4. The van der Waals surface area contributed by atoms with Gasteiger partial charge in [-0.25, -0.2) is 20.2 Å². The summed E-state index contributed by atoms with van der Waals surface area (Å²) in [5.41, 5.74) is 10.9. The Morgan fingerprint density at radius 2 is 0.613 bits per heavy atom. The molecule has 0 N–H and O–H groups in total. The molecule has 0 radical (unpaired) electrons. The Kier molecular flexibility index (Phi) is 9.96. The first-order valence-corrected chi connectivity index (χ1v) is 23.9. The lowest BCUT2D eigenvalue weighted by Crippen LogP contribution is -2.00. The summed E-state index contributed by atoms with van der Waals surface area (Å²) < 4.78 is 7.18. The van der Waals surface area contributed by atoms with E-state index >= 15 is 0 Å². The van der Waals surface area contributed by atoms with Gasteiger partial charge in [-0.15, -0.1) is 0 Å². The average Bonchev–Trinajstić information content (AvgIpc) is 4.13. The summed E-state index contributed by atoms with van der Waals surface area (Å²) in [4.78, 5) is 14.0. The first-order valence-electron chi connectivity index (χ1n) is 23.9. The second kappa shape index (κ2) is 17.1. The molecule has 0 saturated carbocycles. The standard InChI is InChI=1S/C66H33N9/c1-69-43(38-67)35-40-29-32-57(48-20-8-5-17-45(40)48)73-54-26-14-11-23-51(54)61-64-62(52-24-12-15-27-55(52)74(64)58-33-30-41(36-44(39-68)70-2)46-18-6-9-21-49(46)58)66-63(65(61)73)53-25-13-16-28-56(53)75(66)59-34-31-42(37-60(71-3)72-4)47-19-7-10-22-50(47)59/h5-37H. The Balaban J connectivity index is 1.31. The van der Waals surface area contributed by atoms with Gasteiger partial charge in [0.05, 0.1) is 75.4 Å². The van der Waals surface area contributed by atoms with Crippen molar-refractivity contribution < 1.29 is 0 Å². The Hall–Kier alpha value is -11.5. The van der Waals surface area contributed by atoms with E-state index in [4.69, 9.17) is 26.3 Å². The molecule has 0 spiro atoms. The number of hydrogen-bond acceptors (Lipinski definition) is 2. The van der Waals surface area contributed by atoms with Gasteiger partial charge in [0.2, 0.25) is 0 Å². The van der Waals surface area contributed by atoms with Crippen LogP contribution in [0.15, 0.2) is 199 Å². The highest BCUT2D eigenvalue weighted by atomic mass is 15.1. The Morgan fingerprint density at radius 1 is 0.333 bits per heavy atom. The molecule has 3 heterocycles. The molecule has 10 aromatic carbocycles. The van der Waals surface area contributed by atoms with E-state index in [9.17, 15) is 10.5 Å².